The number of rotatable bonds is 5. The van der Waals surface area contributed by atoms with E-state index in [9.17, 15) is 8.42 Å². The normalized spacial score (nSPS) is 24.1. The molecule has 0 bridgehead atoms. The van der Waals surface area contributed by atoms with Crippen LogP contribution in [0.1, 0.15) is 31.4 Å². The van der Waals surface area contributed by atoms with E-state index in [-0.39, 0.29) is 29.6 Å². The highest BCUT2D eigenvalue weighted by Gasteiger charge is 2.35. The van der Waals surface area contributed by atoms with Gasteiger partial charge in [0.15, 0.2) is 9.84 Å². The van der Waals surface area contributed by atoms with Gasteiger partial charge < -0.3 is 5.73 Å². The molecule has 1 heterocycles. The Kier molecular flexibility index (Phi) is 5.30. The average Bonchev–Trinajstić information content (AvgIpc) is 2.79. The molecule has 4 nitrogen and oxygen atoms in total. The van der Waals surface area contributed by atoms with Crippen molar-refractivity contribution >= 4 is 21.4 Å². The second-order valence-corrected chi connectivity index (χ2v) is 8.46. The summed E-state index contributed by atoms with van der Waals surface area (Å²) in [6.45, 7) is 2.04. The summed E-state index contributed by atoms with van der Waals surface area (Å²) >= 11 is 6.09. The van der Waals surface area contributed by atoms with Gasteiger partial charge in [-0.05, 0) is 37.6 Å². The van der Waals surface area contributed by atoms with Crippen molar-refractivity contribution in [2.24, 2.45) is 5.73 Å². The van der Waals surface area contributed by atoms with Crippen LogP contribution in [0.4, 0.5) is 0 Å². The molecule has 118 valence electrons. The van der Waals surface area contributed by atoms with Crippen molar-refractivity contribution in [3.8, 4) is 0 Å². The number of nitrogens with zero attached hydrogens (tertiary/aromatic N) is 1. The molecular formula is C15H23ClN2O2S. The van der Waals surface area contributed by atoms with Crippen LogP contribution in [-0.2, 0) is 9.84 Å². The van der Waals surface area contributed by atoms with Crippen LogP contribution in [0, 0.1) is 0 Å². The maximum absolute atomic E-state index is 11.7. The Labute approximate surface area is 132 Å². The molecule has 3 atom stereocenters. The lowest BCUT2D eigenvalue weighted by molar-refractivity contribution is 0.161. The highest BCUT2D eigenvalue weighted by atomic mass is 35.5. The molecule has 0 spiro atoms. The van der Waals surface area contributed by atoms with Crippen LogP contribution in [0.2, 0.25) is 5.02 Å². The molecule has 1 fully saturated rings. The number of sulfone groups is 1. The van der Waals surface area contributed by atoms with Crippen LogP contribution >= 0.6 is 11.6 Å². The van der Waals surface area contributed by atoms with Gasteiger partial charge in [-0.1, -0.05) is 30.7 Å². The van der Waals surface area contributed by atoms with E-state index in [1.165, 1.54) is 0 Å². The van der Waals surface area contributed by atoms with Gasteiger partial charge in [-0.3, -0.25) is 4.90 Å². The van der Waals surface area contributed by atoms with Crippen LogP contribution in [0.15, 0.2) is 24.3 Å². The zero-order chi connectivity index (χ0) is 15.6. The Bertz CT molecular complexity index is 591. The van der Waals surface area contributed by atoms with Crippen LogP contribution in [0.5, 0.6) is 0 Å². The summed E-state index contributed by atoms with van der Waals surface area (Å²) in [5.74, 6) is 0.489. The first kappa shape index (κ1) is 16.7. The molecule has 0 radical (unpaired) electrons. The summed E-state index contributed by atoms with van der Waals surface area (Å²) in [5, 5.41) is 0.674. The third kappa shape index (κ3) is 3.97. The predicted molar refractivity (Wildman–Crippen MR) is 87.3 cm³/mol. The lowest BCUT2D eigenvalue weighted by Crippen LogP contribution is -2.44. The first-order chi connectivity index (χ1) is 9.84. The summed E-state index contributed by atoms with van der Waals surface area (Å²) in [6, 6.07) is 7.61. The topological polar surface area (TPSA) is 63.4 Å². The number of benzene rings is 1. The lowest BCUT2D eigenvalue weighted by atomic mass is 9.95. The van der Waals surface area contributed by atoms with Crippen molar-refractivity contribution < 1.29 is 8.42 Å². The smallest absolute Gasteiger partial charge is 0.151 e. The van der Waals surface area contributed by atoms with Gasteiger partial charge in [-0.2, -0.15) is 0 Å². The summed E-state index contributed by atoms with van der Waals surface area (Å²) < 4.78 is 23.4. The van der Waals surface area contributed by atoms with Gasteiger partial charge in [0.05, 0.1) is 11.5 Å². The third-order valence-corrected chi connectivity index (χ3v) is 6.28. The number of nitrogens with two attached hydrogens (primary N) is 1. The van der Waals surface area contributed by atoms with Crippen molar-refractivity contribution in [1.29, 1.82) is 0 Å². The molecule has 1 aromatic rings. The third-order valence-electron chi connectivity index (χ3n) is 4.29. The van der Waals surface area contributed by atoms with Crippen LogP contribution in [-0.4, -0.2) is 44.0 Å². The van der Waals surface area contributed by atoms with E-state index in [2.05, 4.69) is 4.90 Å². The molecule has 21 heavy (non-hydrogen) atoms. The Morgan fingerprint density at radius 2 is 2.19 bits per heavy atom. The fraction of sp³-hybridized carbons (Fsp3) is 0.600. The average molecular weight is 331 g/mol. The van der Waals surface area contributed by atoms with Gasteiger partial charge in [0.2, 0.25) is 0 Å². The molecular weight excluding hydrogens is 308 g/mol. The molecule has 1 aliphatic rings. The summed E-state index contributed by atoms with van der Waals surface area (Å²) in [4.78, 5) is 2.12. The van der Waals surface area contributed by atoms with E-state index in [0.29, 0.717) is 11.4 Å². The Morgan fingerprint density at radius 3 is 2.71 bits per heavy atom. The molecule has 1 saturated heterocycles. The first-order valence-corrected chi connectivity index (χ1v) is 9.47. The van der Waals surface area contributed by atoms with Crippen molar-refractivity contribution in [1.82, 2.24) is 4.90 Å². The molecule has 0 amide bonds. The Morgan fingerprint density at radius 1 is 1.48 bits per heavy atom. The summed E-state index contributed by atoms with van der Waals surface area (Å²) in [6.07, 6.45) is 1.49. The molecule has 0 aromatic heterocycles. The van der Waals surface area contributed by atoms with E-state index in [4.69, 9.17) is 17.3 Å². The molecule has 2 rings (SSSR count). The fourth-order valence-electron chi connectivity index (χ4n) is 3.02. The SMILES string of the molecule is CCC(N)C(c1cccc(Cl)c1)N(C)C1CCS(=O)(=O)C1. The zero-order valence-corrected chi connectivity index (χ0v) is 14.1. The fourth-order valence-corrected chi connectivity index (χ4v) is 5.01. The molecule has 2 N–H and O–H groups in total. The highest BCUT2D eigenvalue weighted by Crippen LogP contribution is 2.30. The monoisotopic (exact) mass is 330 g/mol. The summed E-state index contributed by atoms with van der Waals surface area (Å²) in [5.41, 5.74) is 7.35. The largest absolute Gasteiger partial charge is 0.326 e. The first-order valence-electron chi connectivity index (χ1n) is 7.27. The van der Waals surface area contributed by atoms with Crippen molar-refractivity contribution in [2.45, 2.75) is 37.9 Å². The van der Waals surface area contributed by atoms with Crippen LogP contribution < -0.4 is 5.73 Å². The van der Waals surface area contributed by atoms with E-state index in [1.807, 2.05) is 38.2 Å². The quantitative estimate of drug-likeness (QED) is 0.899. The van der Waals surface area contributed by atoms with E-state index in [1.54, 1.807) is 0 Å². The molecule has 6 heteroatoms. The van der Waals surface area contributed by atoms with E-state index in [0.717, 1.165) is 12.0 Å². The van der Waals surface area contributed by atoms with Gasteiger partial charge in [0.1, 0.15) is 0 Å². The Hall–Kier alpha value is -0.620. The van der Waals surface area contributed by atoms with Crippen LogP contribution in [0.25, 0.3) is 0 Å². The molecule has 3 unspecified atom stereocenters. The number of halogens is 1. The zero-order valence-electron chi connectivity index (χ0n) is 12.5. The number of hydrogen-bond donors (Lipinski definition) is 1. The van der Waals surface area contributed by atoms with Gasteiger partial charge in [-0.15, -0.1) is 0 Å². The lowest BCUT2D eigenvalue weighted by Gasteiger charge is -2.36. The maximum Gasteiger partial charge on any atom is 0.151 e. The second-order valence-electron chi connectivity index (χ2n) is 5.79. The van der Waals surface area contributed by atoms with E-state index < -0.39 is 9.84 Å². The molecule has 0 saturated carbocycles. The summed E-state index contributed by atoms with van der Waals surface area (Å²) in [7, 11) is -0.940. The maximum atomic E-state index is 11.7. The molecule has 1 aromatic carbocycles. The number of hydrogen-bond acceptors (Lipinski definition) is 4. The van der Waals surface area contributed by atoms with Gasteiger partial charge in [-0.25, -0.2) is 8.42 Å². The second kappa shape index (κ2) is 6.65. The minimum Gasteiger partial charge on any atom is -0.326 e. The predicted octanol–water partition coefficient (Wildman–Crippen LogP) is 2.24. The van der Waals surface area contributed by atoms with Gasteiger partial charge in [0, 0.05) is 23.1 Å². The Balaban J connectivity index is 2.28. The highest BCUT2D eigenvalue weighted by molar-refractivity contribution is 7.91. The van der Waals surface area contributed by atoms with Crippen molar-refractivity contribution in [2.75, 3.05) is 18.6 Å². The van der Waals surface area contributed by atoms with Gasteiger partial charge in [0.25, 0.3) is 0 Å². The number of likely N-dealkylation sites (N-methyl/N-ethyl adjacent to an activating group) is 1. The minimum atomic E-state index is -2.91. The van der Waals surface area contributed by atoms with Crippen molar-refractivity contribution in [3.63, 3.8) is 0 Å². The molecule has 0 aliphatic carbocycles. The minimum absolute atomic E-state index is 0.0213. The standard InChI is InChI=1S/C15H23ClN2O2S/c1-3-14(17)15(11-5-4-6-12(16)9-11)18(2)13-7-8-21(19,20)10-13/h4-6,9,13-15H,3,7-8,10,17H2,1-2H3. The van der Waals surface area contributed by atoms with Crippen molar-refractivity contribution in [3.05, 3.63) is 34.9 Å². The van der Waals surface area contributed by atoms with E-state index >= 15 is 0 Å². The van der Waals surface area contributed by atoms with Gasteiger partial charge >= 0.3 is 0 Å². The van der Waals surface area contributed by atoms with Crippen LogP contribution in [0.3, 0.4) is 0 Å². The molecule has 1 aliphatic heterocycles.